The van der Waals surface area contributed by atoms with Crippen molar-refractivity contribution in [2.24, 2.45) is 0 Å². The second kappa shape index (κ2) is 9.76. The molecule has 2 aromatic rings. The Labute approximate surface area is 160 Å². The number of nitrogens with one attached hydrogen (secondary N) is 1. The fourth-order valence-electron chi connectivity index (χ4n) is 3.28. The number of rotatable bonds is 7. The Morgan fingerprint density at radius 1 is 0.926 bits per heavy atom. The van der Waals surface area contributed by atoms with Crippen LogP contribution in [-0.4, -0.2) is 36.0 Å². The van der Waals surface area contributed by atoms with Crippen LogP contribution in [0.15, 0.2) is 60.7 Å². The number of likely N-dealkylation sites (tertiary alicyclic amines) is 1. The first-order chi connectivity index (χ1) is 13.2. The standard InChI is InChI=1S/C22H26N2O3/c25-21(24-15-7-8-16-24)20(14-13-18-9-3-1-4-10-18)23-22(26)27-17-19-11-5-2-6-12-19/h1-6,9-12,20H,7-8,13-17H2,(H,23,26)/t20-/m0/s1. The van der Waals surface area contributed by atoms with E-state index >= 15 is 0 Å². The average molecular weight is 366 g/mol. The summed E-state index contributed by atoms with van der Waals surface area (Å²) in [5.74, 6) is -0.0138. The van der Waals surface area contributed by atoms with Gasteiger partial charge in [-0.3, -0.25) is 4.79 Å². The lowest BCUT2D eigenvalue weighted by Gasteiger charge is -2.24. The fourth-order valence-corrected chi connectivity index (χ4v) is 3.28. The molecule has 1 atom stereocenters. The van der Waals surface area contributed by atoms with Crippen LogP contribution in [0.3, 0.4) is 0 Å². The van der Waals surface area contributed by atoms with Gasteiger partial charge < -0.3 is 15.0 Å². The molecule has 27 heavy (non-hydrogen) atoms. The molecule has 1 aliphatic heterocycles. The number of alkyl carbamates (subject to hydrolysis) is 1. The zero-order valence-electron chi connectivity index (χ0n) is 15.5. The van der Waals surface area contributed by atoms with Gasteiger partial charge in [0.2, 0.25) is 5.91 Å². The quantitative estimate of drug-likeness (QED) is 0.815. The van der Waals surface area contributed by atoms with Gasteiger partial charge in [0.15, 0.2) is 0 Å². The van der Waals surface area contributed by atoms with Crippen LogP contribution in [0.5, 0.6) is 0 Å². The van der Waals surface area contributed by atoms with Crippen LogP contribution < -0.4 is 5.32 Å². The predicted octanol–water partition coefficient (Wildman–Crippen LogP) is 3.54. The Morgan fingerprint density at radius 2 is 1.52 bits per heavy atom. The van der Waals surface area contributed by atoms with Crippen LogP contribution in [-0.2, 0) is 22.6 Å². The molecule has 1 N–H and O–H groups in total. The van der Waals surface area contributed by atoms with Gasteiger partial charge >= 0.3 is 6.09 Å². The highest BCUT2D eigenvalue weighted by molar-refractivity contribution is 5.85. The molecule has 1 saturated heterocycles. The largest absolute Gasteiger partial charge is 0.445 e. The highest BCUT2D eigenvalue weighted by atomic mass is 16.5. The Hall–Kier alpha value is -2.82. The van der Waals surface area contributed by atoms with Gasteiger partial charge in [-0.05, 0) is 36.8 Å². The number of amides is 2. The molecule has 1 heterocycles. The van der Waals surface area contributed by atoms with E-state index in [-0.39, 0.29) is 12.5 Å². The summed E-state index contributed by atoms with van der Waals surface area (Å²) in [5, 5.41) is 2.78. The molecule has 0 radical (unpaired) electrons. The molecule has 0 aromatic heterocycles. The normalized spacial score (nSPS) is 14.6. The van der Waals surface area contributed by atoms with Crippen molar-refractivity contribution in [3.8, 4) is 0 Å². The number of ether oxygens (including phenoxy) is 1. The van der Waals surface area contributed by atoms with Crippen molar-refractivity contribution in [2.75, 3.05) is 13.1 Å². The molecular formula is C22H26N2O3. The third-order valence-electron chi connectivity index (χ3n) is 4.79. The van der Waals surface area contributed by atoms with Gasteiger partial charge in [-0.1, -0.05) is 60.7 Å². The Balaban J connectivity index is 1.57. The molecule has 2 amide bonds. The molecule has 2 aromatic carbocycles. The van der Waals surface area contributed by atoms with Gasteiger partial charge in [-0.2, -0.15) is 0 Å². The number of hydrogen-bond donors (Lipinski definition) is 1. The van der Waals surface area contributed by atoms with Crippen molar-refractivity contribution < 1.29 is 14.3 Å². The van der Waals surface area contributed by atoms with Crippen LogP contribution in [0.25, 0.3) is 0 Å². The van der Waals surface area contributed by atoms with Gasteiger partial charge in [0.25, 0.3) is 0 Å². The number of carbonyl (C=O) groups excluding carboxylic acids is 2. The lowest BCUT2D eigenvalue weighted by molar-refractivity contribution is -0.132. The minimum atomic E-state index is -0.563. The van der Waals surface area contributed by atoms with Crippen molar-refractivity contribution in [2.45, 2.75) is 38.3 Å². The third kappa shape index (κ3) is 5.84. The van der Waals surface area contributed by atoms with E-state index in [4.69, 9.17) is 4.74 Å². The van der Waals surface area contributed by atoms with E-state index < -0.39 is 12.1 Å². The summed E-state index contributed by atoms with van der Waals surface area (Å²) in [5.41, 5.74) is 2.07. The first-order valence-electron chi connectivity index (χ1n) is 9.52. The zero-order valence-corrected chi connectivity index (χ0v) is 15.5. The number of benzene rings is 2. The third-order valence-corrected chi connectivity index (χ3v) is 4.79. The number of carbonyl (C=O) groups is 2. The topological polar surface area (TPSA) is 58.6 Å². The summed E-state index contributed by atoms with van der Waals surface area (Å²) < 4.78 is 5.30. The first-order valence-corrected chi connectivity index (χ1v) is 9.52. The summed E-state index contributed by atoms with van der Waals surface area (Å²) in [7, 11) is 0. The highest BCUT2D eigenvalue weighted by Gasteiger charge is 2.28. The van der Waals surface area contributed by atoms with Crippen LogP contribution in [0, 0.1) is 0 Å². The highest BCUT2D eigenvalue weighted by Crippen LogP contribution is 2.13. The smallest absolute Gasteiger partial charge is 0.408 e. The Morgan fingerprint density at radius 3 is 2.15 bits per heavy atom. The second-order valence-corrected chi connectivity index (χ2v) is 6.82. The van der Waals surface area contributed by atoms with E-state index in [1.165, 1.54) is 0 Å². The minimum Gasteiger partial charge on any atom is -0.445 e. The van der Waals surface area contributed by atoms with Crippen LogP contribution in [0.2, 0.25) is 0 Å². The van der Waals surface area contributed by atoms with Gasteiger partial charge in [0.1, 0.15) is 12.6 Å². The molecule has 3 rings (SSSR count). The SMILES string of the molecule is O=C(N[C@@H](CCc1ccccc1)C(=O)N1CCCC1)OCc1ccccc1. The molecular weight excluding hydrogens is 340 g/mol. The molecule has 142 valence electrons. The summed E-state index contributed by atoms with van der Waals surface area (Å²) in [6, 6.07) is 18.9. The van der Waals surface area contributed by atoms with Crippen LogP contribution >= 0.6 is 0 Å². The summed E-state index contributed by atoms with van der Waals surface area (Å²) in [6.45, 7) is 1.72. The lowest BCUT2D eigenvalue weighted by Crippen LogP contribution is -2.48. The van der Waals surface area contributed by atoms with Crippen LogP contribution in [0.1, 0.15) is 30.4 Å². The Bertz CT molecular complexity index is 728. The Kier molecular flexibility index (Phi) is 6.85. The monoisotopic (exact) mass is 366 g/mol. The van der Waals surface area contributed by atoms with Crippen molar-refractivity contribution in [3.63, 3.8) is 0 Å². The van der Waals surface area contributed by atoms with E-state index in [1.54, 1.807) is 0 Å². The second-order valence-electron chi connectivity index (χ2n) is 6.82. The van der Waals surface area contributed by atoms with Crippen molar-refractivity contribution >= 4 is 12.0 Å². The van der Waals surface area contributed by atoms with Crippen molar-refractivity contribution in [1.82, 2.24) is 10.2 Å². The molecule has 0 aliphatic carbocycles. The van der Waals surface area contributed by atoms with Crippen LogP contribution in [0.4, 0.5) is 4.79 Å². The maximum atomic E-state index is 12.8. The van der Waals surface area contributed by atoms with Gasteiger partial charge in [0.05, 0.1) is 0 Å². The molecule has 0 saturated carbocycles. The minimum absolute atomic E-state index is 0.0138. The van der Waals surface area contributed by atoms with E-state index in [1.807, 2.05) is 65.6 Å². The molecule has 0 unspecified atom stereocenters. The maximum Gasteiger partial charge on any atom is 0.408 e. The molecule has 0 spiro atoms. The van der Waals surface area contributed by atoms with Gasteiger partial charge in [-0.25, -0.2) is 4.79 Å². The van der Waals surface area contributed by atoms with E-state index in [0.29, 0.717) is 6.42 Å². The first kappa shape index (κ1) is 19.0. The molecule has 5 heteroatoms. The molecule has 1 aliphatic rings. The van der Waals surface area contributed by atoms with Gasteiger partial charge in [-0.15, -0.1) is 0 Å². The summed E-state index contributed by atoms with van der Waals surface area (Å²) >= 11 is 0. The summed E-state index contributed by atoms with van der Waals surface area (Å²) in [6.07, 6.45) is 2.78. The lowest BCUT2D eigenvalue weighted by atomic mass is 10.0. The molecule has 0 bridgehead atoms. The van der Waals surface area contributed by atoms with Crippen molar-refractivity contribution in [1.29, 1.82) is 0 Å². The van der Waals surface area contributed by atoms with E-state index in [2.05, 4.69) is 5.32 Å². The van der Waals surface area contributed by atoms with E-state index in [9.17, 15) is 9.59 Å². The van der Waals surface area contributed by atoms with Gasteiger partial charge in [0, 0.05) is 13.1 Å². The fraction of sp³-hybridized carbons (Fsp3) is 0.364. The summed E-state index contributed by atoms with van der Waals surface area (Å²) in [4.78, 5) is 26.9. The van der Waals surface area contributed by atoms with Crippen molar-refractivity contribution in [3.05, 3.63) is 71.8 Å². The average Bonchev–Trinajstić information content (AvgIpc) is 3.25. The van der Waals surface area contributed by atoms with E-state index in [0.717, 1.165) is 43.5 Å². The number of aryl methyl sites for hydroxylation is 1. The zero-order chi connectivity index (χ0) is 18.9. The number of hydrogen-bond acceptors (Lipinski definition) is 3. The number of nitrogens with zero attached hydrogens (tertiary/aromatic N) is 1. The maximum absolute atomic E-state index is 12.8. The molecule has 1 fully saturated rings. The predicted molar refractivity (Wildman–Crippen MR) is 104 cm³/mol. The molecule has 5 nitrogen and oxygen atoms in total.